The van der Waals surface area contributed by atoms with Gasteiger partial charge in [0.25, 0.3) is 0 Å². The predicted octanol–water partition coefficient (Wildman–Crippen LogP) is 3.14. The first kappa shape index (κ1) is 12.5. The van der Waals surface area contributed by atoms with Crippen molar-refractivity contribution in [2.75, 3.05) is 6.61 Å². The van der Waals surface area contributed by atoms with E-state index < -0.39 is 12.8 Å². The number of carbonyl (C=O) groups excluding carboxylic acids is 1. The van der Waals surface area contributed by atoms with Gasteiger partial charge in [0.15, 0.2) is 12.4 Å². The molecule has 0 spiro atoms. The number of benzene rings is 1. The van der Waals surface area contributed by atoms with Crippen molar-refractivity contribution in [1.29, 1.82) is 0 Å². The summed E-state index contributed by atoms with van der Waals surface area (Å²) in [7, 11) is 0. The van der Waals surface area contributed by atoms with Gasteiger partial charge in [-0.15, -0.1) is 0 Å². The molecule has 0 atom stereocenters. The molecule has 0 heterocycles. The second-order valence-electron chi connectivity index (χ2n) is 3.44. The van der Waals surface area contributed by atoms with Gasteiger partial charge in [0, 0.05) is 5.56 Å². The van der Waals surface area contributed by atoms with Crippen molar-refractivity contribution in [3.8, 4) is 5.75 Å². The second-order valence-corrected chi connectivity index (χ2v) is 3.44. The van der Waals surface area contributed by atoms with Crippen LogP contribution in [0.2, 0.25) is 0 Å². The van der Waals surface area contributed by atoms with Gasteiger partial charge in [-0.3, -0.25) is 4.79 Å². The quantitative estimate of drug-likeness (QED) is 0.748. The number of Topliss-reactive ketones (excluding diaryl/α,β-unsaturated/α-hetero) is 1. The molecule has 0 aliphatic heterocycles. The molecule has 0 saturated heterocycles. The third-order valence-corrected chi connectivity index (χ3v) is 1.97. The van der Waals surface area contributed by atoms with E-state index in [0.29, 0.717) is 11.1 Å². The molecule has 0 N–H and O–H groups in total. The van der Waals surface area contributed by atoms with Crippen LogP contribution in [0.4, 0.5) is 13.2 Å². The van der Waals surface area contributed by atoms with Gasteiger partial charge in [-0.05, 0) is 37.6 Å². The topological polar surface area (TPSA) is 26.3 Å². The normalized spacial score (nSPS) is 11.3. The summed E-state index contributed by atoms with van der Waals surface area (Å²) < 4.78 is 40.3. The van der Waals surface area contributed by atoms with E-state index in [1.165, 1.54) is 25.1 Å². The highest BCUT2D eigenvalue weighted by molar-refractivity contribution is 5.94. The van der Waals surface area contributed by atoms with Gasteiger partial charge in [-0.2, -0.15) is 13.2 Å². The third kappa shape index (κ3) is 3.56. The molecule has 0 unspecified atom stereocenters. The monoisotopic (exact) mass is 232 g/mol. The number of hydrogen-bond donors (Lipinski definition) is 0. The number of ether oxygens (including phenoxy) is 1. The summed E-state index contributed by atoms with van der Waals surface area (Å²) in [6.45, 7) is 1.66. The molecule has 0 amide bonds. The Morgan fingerprint density at radius 1 is 1.38 bits per heavy atom. The molecule has 0 aliphatic rings. The van der Waals surface area contributed by atoms with E-state index in [1.807, 2.05) is 0 Å². The largest absolute Gasteiger partial charge is 0.484 e. The molecule has 1 aromatic carbocycles. The van der Waals surface area contributed by atoms with E-state index in [-0.39, 0.29) is 11.5 Å². The van der Waals surface area contributed by atoms with E-state index >= 15 is 0 Å². The SMILES string of the molecule is CC(=O)c1ccc(OCC(F)(F)F)c(C)c1. The first-order valence-corrected chi connectivity index (χ1v) is 4.61. The highest BCUT2D eigenvalue weighted by Gasteiger charge is 2.28. The summed E-state index contributed by atoms with van der Waals surface area (Å²) >= 11 is 0. The smallest absolute Gasteiger partial charge is 0.422 e. The van der Waals surface area contributed by atoms with Crippen molar-refractivity contribution in [3.05, 3.63) is 29.3 Å². The van der Waals surface area contributed by atoms with Gasteiger partial charge in [-0.1, -0.05) is 0 Å². The van der Waals surface area contributed by atoms with Gasteiger partial charge in [-0.25, -0.2) is 0 Å². The summed E-state index contributed by atoms with van der Waals surface area (Å²) in [5.74, 6) is 0.00722. The van der Waals surface area contributed by atoms with Gasteiger partial charge in [0.2, 0.25) is 0 Å². The van der Waals surface area contributed by atoms with E-state index in [1.54, 1.807) is 6.92 Å². The van der Waals surface area contributed by atoms with Crippen LogP contribution >= 0.6 is 0 Å². The van der Waals surface area contributed by atoms with Crippen LogP contribution in [-0.4, -0.2) is 18.6 Å². The Labute approximate surface area is 91.0 Å². The number of rotatable bonds is 3. The van der Waals surface area contributed by atoms with Crippen LogP contribution in [0.1, 0.15) is 22.8 Å². The molecule has 16 heavy (non-hydrogen) atoms. The summed E-state index contributed by atoms with van der Waals surface area (Å²) in [5, 5.41) is 0. The average Bonchev–Trinajstić information content (AvgIpc) is 2.14. The van der Waals surface area contributed by atoms with Crippen molar-refractivity contribution in [2.45, 2.75) is 20.0 Å². The molecular formula is C11H11F3O2. The summed E-state index contributed by atoms with van der Waals surface area (Å²) in [5.41, 5.74) is 0.966. The summed E-state index contributed by atoms with van der Waals surface area (Å²) in [6.07, 6.45) is -4.36. The summed E-state index contributed by atoms with van der Waals surface area (Å²) in [4.78, 5) is 11.0. The van der Waals surface area contributed by atoms with Crippen LogP contribution < -0.4 is 4.74 Å². The Hall–Kier alpha value is -1.52. The number of hydrogen-bond acceptors (Lipinski definition) is 2. The Bertz CT molecular complexity index is 397. The maximum absolute atomic E-state index is 11.9. The first-order valence-electron chi connectivity index (χ1n) is 4.61. The minimum Gasteiger partial charge on any atom is -0.484 e. The zero-order valence-electron chi connectivity index (χ0n) is 8.89. The fourth-order valence-electron chi connectivity index (χ4n) is 1.19. The molecule has 2 nitrogen and oxygen atoms in total. The molecule has 0 aromatic heterocycles. The van der Waals surface area contributed by atoms with Crippen molar-refractivity contribution in [3.63, 3.8) is 0 Å². The standard InChI is InChI=1S/C11H11F3O2/c1-7-5-9(8(2)15)3-4-10(7)16-6-11(12,13)14/h3-5H,6H2,1-2H3. The molecule has 0 fully saturated rings. The highest BCUT2D eigenvalue weighted by atomic mass is 19.4. The zero-order valence-corrected chi connectivity index (χ0v) is 8.89. The van der Waals surface area contributed by atoms with E-state index in [0.717, 1.165) is 0 Å². The Kier molecular flexibility index (Phi) is 3.57. The minimum atomic E-state index is -4.36. The van der Waals surface area contributed by atoms with Crippen LogP contribution in [0, 0.1) is 6.92 Å². The van der Waals surface area contributed by atoms with Crippen molar-refractivity contribution < 1.29 is 22.7 Å². The highest BCUT2D eigenvalue weighted by Crippen LogP contribution is 2.22. The van der Waals surface area contributed by atoms with Crippen LogP contribution in [0.5, 0.6) is 5.75 Å². The average molecular weight is 232 g/mol. The molecule has 0 saturated carbocycles. The number of ketones is 1. The molecule has 5 heteroatoms. The molecule has 1 rings (SSSR count). The number of carbonyl (C=O) groups is 1. The first-order chi connectivity index (χ1) is 7.29. The van der Waals surface area contributed by atoms with Crippen LogP contribution in [0.25, 0.3) is 0 Å². The fourth-order valence-corrected chi connectivity index (χ4v) is 1.19. The fraction of sp³-hybridized carbons (Fsp3) is 0.364. The molecule has 0 radical (unpaired) electrons. The molecular weight excluding hydrogens is 221 g/mol. The lowest BCUT2D eigenvalue weighted by atomic mass is 10.1. The second kappa shape index (κ2) is 4.55. The summed E-state index contributed by atoms with van der Waals surface area (Å²) in [6, 6.07) is 4.33. The van der Waals surface area contributed by atoms with Gasteiger partial charge >= 0.3 is 6.18 Å². The lowest BCUT2D eigenvalue weighted by Crippen LogP contribution is -2.19. The third-order valence-electron chi connectivity index (χ3n) is 1.97. The minimum absolute atomic E-state index is 0.134. The molecule has 0 aliphatic carbocycles. The maximum Gasteiger partial charge on any atom is 0.422 e. The Balaban J connectivity index is 2.80. The number of alkyl halides is 3. The lowest BCUT2D eigenvalue weighted by molar-refractivity contribution is -0.153. The van der Waals surface area contributed by atoms with Crippen molar-refractivity contribution in [2.24, 2.45) is 0 Å². The lowest BCUT2D eigenvalue weighted by Gasteiger charge is -2.11. The van der Waals surface area contributed by atoms with Crippen LogP contribution in [0.15, 0.2) is 18.2 Å². The van der Waals surface area contributed by atoms with E-state index in [9.17, 15) is 18.0 Å². The zero-order chi connectivity index (χ0) is 12.3. The number of aryl methyl sites for hydroxylation is 1. The van der Waals surface area contributed by atoms with Gasteiger partial charge < -0.3 is 4.74 Å². The molecule has 0 bridgehead atoms. The van der Waals surface area contributed by atoms with Crippen LogP contribution in [0.3, 0.4) is 0 Å². The van der Waals surface area contributed by atoms with Crippen molar-refractivity contribution >= 4 is 5.78 Å². The van der Waals surface area contributed by atoms with Crippen molar-refractivity contribution in [1.82, 2.24) is 0 Å². The van der Waals surface area contributed by atoms with Gasteiger partial charge in [0.05, 0.1) is 0 Å². The van der Waals surface area contributed by atoms with E-state index in [4.69, 9.17) is 0 Å². The molecule has 1 aromatic rings. The maximum atomic E-state index is 11.9. The Morgan fingerprint density at radius 3 is 2.44 bits per heavy atom. The number of halogens is 3. The van der Waals surface area contributed by atoms with E-state index in [2.05, 4.69) is 4.74 Å². The van der Waals surface area contributed by atoms with Crippen LogP contribution in [-0.2, 0) is 0 Å². The Morgan fingerprint density at radius 2 is 2.00 bits per heavy atom. The molecule has 88 valence electrons. The van der Waals surface area contributed by atoms with Gasteiger partial charge in [0.1, 0.15) is 5.75 Å². The predicted molar refractivity (Wildman–Crippen MR) is 52.7 cm³/mol.